The average molecular weight is 290 g/mol. The lowest BCUT2D eigenvalue weighted by Crippen LogP contribution is -2.39. The van der Waals surface area contributed by atoms with E-state index < -0.39 is 17.6 Å². The number of nitrogens with two attached hydrogens (primary N) is 1. The molecule has 3 N–H and O–H groups in total. The summed E-state index contributed by atoms with van der Waals surface area (Å²) >= 11 is 0. The third-order valence-corrected chi connectivity index (χ3v) is 2.69. The SMILES string of the molecule is COCC(CCN)NC(=O)c1ccc(C(F)(F)F)cc1. The summed E-state index contributed by atoms with van der Waals surface area (Å²) in [5, 5.41) is 2.67. The minimum absolute atomic E-state index is 0.163. The van der Waals surface area contributed by atoms with Crippen molar-refractivity contribution in [2.75, 3.05) is 20.3 Å². The highest BCUT2D eigenvalue weighted by atomic mass is 19.4. The molecule has 0 aliphatic carbocycles. The van der Waals surface area contributed by atoms with Crippen LogP contribution in [0.5, 0.6) is 0 Å². The number of carbonyl (C=O) groups is 1. The molecule has 1 atom stereocenters. The van der Waals surface area contributed by atoms with Crippen LogP contribution in [0.3, 0.4) is 0 Å². The first kappa shape index (κ1) is 16.5. The lowest BCUT2D eigenvalue weighted by Gasteiger charge is -2.17. The highest BCUT2D eigenvalue weighted by Gasteiger charge is 2.30. The monoisotopic (exact) mass is 290 g/mol. The minimum atomic E-state index is -4.41. The summed E-state index contributed by atoms with van der Waals surface area (Å²) < 4.78 is 42.1. The molecule has 4 nitrogen and oxygen atoms in total. The van der Waals surface area contributed by atoms with Gasteiger partial charge in [0.05, 0.1) is 18.2 Å². The van der Waals surface area contributed by atoms with E-state index in [1.807, 2.05) is 0 Å². The van der Waals surface area contributed by atoms with Crippen LogP contribution in [0.2, 0.25) is 0 Å². The Labute approximate surface area is 115 Å². The number of benzene rings is 1. The first-order chi connectivity index (χ1) is 9.38. The summed E-state index contributed by atoms with van der Waals surface area (Å²) in [6, 6.07) is 3.78. The zero-order chi connectivity index (χ0) is 15.2. The van der Waals surface area contributed by atoms with E-state index in [9.17, 15) is 18.0 Å². The average Bonchev–Trinajstić information content (AvgIpc) is 2.38. The summed E-state index contributed by atoms with van der Waals surface area (Å²) in [7, 11) is 1.49. The van der Waals surface area contributed by atoms with Crippen LogP contribution in [0.1, 0.15) is 22.3 Å². The van der Waals surface area contributed by atoms with Crippen molar-refractivity contribution in [1.29, 1.82) is 0 Å². The Balaban J connectivity index is 2.72. The Morgan fingerprint density at radius 2 is 1.95 bits per heavy atom. The van der Waals surface area contributed by atoms with E-state index in [-0.39, 0.29) is 11.6 Å². The first-order valence-corrected chi connectivity index (χ1v) is 6.05. The fourth-order valence-electron chi connectivity index (χ4n) is 1.68. The van der Waals surface area contributed by atoms with Gasteiger partial charge in [-0.1, -0.05) is 0 Å². The molecular weight excluding hydrogens is 273 g/mol. The summed E-state index contributed by atoms with van der Waals surface area (Å²) in [4.78, 5) is 11.9. The van der Waals surface area contributed by atoms with Gasteiger partial charge in [0, 0.05) is 12.7 Å². The molecule has 20 heavy (non-hydrogen) atoms. The predicted molar refractivity (Wildman–Crippen MR) is 68.2 cm³/mol. The van der Waals surface area contributed by atoms with Crippen LogP contribution in [0.4, 0.5) is 13.2 Å². The number of hydrogen-bond donors (Lipinski definition) is 2. The lowest BCUT2D eigenvalue weighted by molar-refractivity contribution is -0.137. The van der Waals surface area contributed by atoms with Gasteiger partial charge in [0.25, 0.3) is 5.91 Å². The molecule has 0 fully saturated rings. The van der Waals surface area contributed by atoms with Gasteiger partial charge in [-0.15, -0.1) is 0 Å². The number of ether oxygens (including phenoxy) is 1. The zero-order valence-electron chi connectivity index (χ0n) is 11.0. The van der Waals surface area contributed by atoms with Crippen molar-refractivity contribution in [2.45, 2.75) is 18.6 Å². The van der Waals surface area contributed by atoms with Gasteiger partial charge in [-0.05, 0) is 37.2 Å². The molecule has 0 aliphatic rings. The van der Waals surface area contributed by atoms with Crippen LogP contribution in [0.15, 0.2) is 24.3 Å². The van der Waals surface area contributed by atoms with Crippen LogP contribution in [0.25, 0.3) is 0 Å². The standard InChI is InChI=1S/C13H17F3N2O2/c1-20-8-11(6-7-17)18-12(19)9-2-4-10(5-3-9)13(14,15)16/h2-5,11H,6-8,17H2,1H3,(H,18,19). The van der Waals surface area contributed by atoms with Gasteiger partial charge in [0.2, 0.25) is 0 Å². The molecule has 0 saturated heterocycles. The van der Waals surface area contributed by atoms with Crippen molar-refractivity contribution in [1.82, 2.24) is 5.32 Å². The number of nitrogens with one attached hydrogen (secondary N) is 1. The molecule has 1 amide bonds. The Hall–Kier alpha value is -1.60. The van der Waals surface area contributed by atoms with Gasteiger partial charge in [0.15, 0.2) is 0 Å². The van der Waals surface area contributed by atoms with Crippen LogP contribution < -0.4 is 11.1 Å². The van der Waals surface area contributed by atoms with E-state index in [2.05, 4.69) is 5.32 Å². The summed E-state index contributed by atoms with van der Waals surface area (Å²) in [5.74, 6) is -0.450. The predicted octanol–water partition coefficient (Wildman–Crippen LogP) is 1.80. The molecule has 1 unspecified atom stereocenters. The highest BCUT2D eigenvalue weighted by molar-refractivity contribution is 5.94. The molecule has 0 saturated carbocycles. The van der Waals surface area contributed by atoms with Crippen molar-refractivity contribution >= 4 is 5.91 Å². The number of halogens is 3. The molecule has 1 rings (SSSR count). The quantitative estimate of drug-likeness (QED) is 0.839. The third kappa shape index (κ3) is 4.82. The van der Waals surface area contributed by atoms with E-state index in [1.165, 1.54) is 7.11 Å². The maximum atomic E-state index is 12.4. The number of carbonyl (C=O) groups excluding carboxylic acids is 1. The summed E-state index contributed by atoms with van der Waals surface area (Å²) in [6.45, 7) is 0.672. The van der Waals surface area contributed by atoms with Gasteiger partial charge in [-0.3, -0.25) is 4.79 Å². The number of rotatable bonds is 6. The minimum Gasteiger partial charge on any atom is -0.383 e. The topological polar surface area (TPSA) is 64.3 Å². The van der Waals surface area contributed by atoms with E-state index in [1.54, 1.807) is 0 Å². The molecule has 0 radical (unpaired) electrons. The third-order valence-electron chi connectivity index (χ3n) is 2.69. The first-order valence-electron chi connectivity index (χ1n) is 6.05. The van der Waals surface area contributed by atoms with Crippen molar-refractivity contribution < 1.29 is 22.7 Å². The van der Waals surface area contributed by atoms with Crippen LogP contribution in [-0.2, 0) is 10.9 Å². The Kier molecular flexibility index (Phi) is 5.97. The number of alkyl halides is 3. The molecule has 0 heterocycles. The molecule has 0 spiro atoms. The molecule has 0 bridgehead atoms. The van der Waals surface area contributed by atoms with Crippen molar-refractivity contribution in [3.8, 4) is 0 Å². The fourth-order valence-corrected chi connectivity index (χ4v) is 1.68. The van der Waals surface area contributed by atoms with E-state index in [0.717, 1.165) is 24.3 Å². The number of amides is 1. The molecule has 0 aromatic heterocycles. The van der Waals surface area contributed by atoms with Gasteiger partial charge < -0.3 is 15.8 Å². The second-order valence-electron chi connectivity index (χ2n) is 4.28. The summed E-state index contributed by atoms with van der Waals surface area (Å²) in [5.41, 5.74) is 4.79. The van der Waals surface area contributed by atoms with Crippen molar-refractivity contribution in [3.63, 3.8) is 0 Å². The zero-order valence-corrected chi connectivity index (χ0v) is 11.0. The van der Waals surface area contributed by atoms with E-state index >= 15 is 0 Å². The van der Waals surface area contributed by atoms with Crippen molar-refractivity contribution in [2.24, 2.45) is 5.73 Å². The smallest absolute Gasteiger partial charge is 0.383 e. The van der Waals surface area contributed by atoms with Crippen molar-refractivity contribution in [3.05, 3.63) is 35.4 Å². The normalized spacial score (nSPS) is 13.1. The Morgan fingerprint density at radius 3 is 2.40 bits per heavy atom. The number of hydrogen-bond acceptors (Lipinski definition) is 3. The Morgan fingerprint density at radius 1 is 1.35 bits per heavy atom. The van der Waals surface area contributed by atoms with Crippen LogP contribution >= 0.6 is 0 Å². The molecule has 1 aromatic carbocycles. The number of methoxy groups -OCH3 is 1. The van der Waals surface area contributed by atoms with Crippen LogP contribution in [0, 0.1) is 0 Å². The van der Waals surface area contributed by atoms with E-state index in [4.69, 9.17) is 10.5 Å². The molecule has 112 valence electrons. The van der Waals surface area contributed by atoms with Gasteiger partial charge in [-0.25, -0.2) is 0 Å². The maximum Gasteiger partial charge on any atom is 0.416 e. The molecular formula is C13H17F3N2O2. The maximum absolute atomic E-state index is 12.4. The van der Waals surface area contributed by atoms with Gasteiger partial charge >= 0.3 is 6.18 Å². The highest BCUT2D eigenvalue weighted by Crippen LogP contribution is 2.29. The van der Waals surface area contributed by atoms with E-state index in [0.29, 0.717) is 19.6 Å². The van der Waals surface area contributed by atoms with Crippen LogP contribution in [-0.4, -0.2) is 32.2 Å². The molecule has 1 aromatic rings. The fraction of sp³-hybridized carbons (Fsp3) is 0.462. The lowest BCUT2D eigenvalue weighted by atomic mass is 10.1. The second-order valence-corrected chi connectivity index (χ2v) is 4.28. The second kappa shape index (κ2) is 7.25. The largest absolute Gasteiger partial charge is 0.416 e. The molecule has 7 heteroatoms. The molecule has 0 aliphatic heterocycles. The van der Waals surface area contributed by atoms with Gasteiger partial charge in [0.1, 0.15) is 0 Å². The van der Waals surface area contributed by atoms with Gasteiger partial charge in [-0.2, -0.15) is 13.2 Å². The Bertz CT molecular complexity index is 426. The summed E-state index contributed by atoms with van der Waals surface area (Å²) in [6.07, 6.45) is -3.88.